The number of ether oxygens (including phenoxy) is 2. The summed E-state index contributed by atoms with van der Waals surface area (Å²) in [5.41, 5.74) is -0.0749. The molecule has 0 N–H and O–H groups in total. The molecule has 0 aromatic carbocycles. The molecule has 0 bridgehead atoms. The Kier molecular flexibility index (Phi) is 7.21. The fourth-order valence-electron chi connectivity index (χ4n) is 1.68. The Morgan fingerprint density at radius 2 is 2.00 bits per heavy atom. The van der Waals surface area contributed by atoms with Gasteiger partial charge in [-0.1, -0.05) is 11.6 Å². The molecule has 20 heavy (non-hydrogen) atoms. The summed E-state index contributed by atoms with van der Waals surface area (Å²) in [6, 6.07) is 2.64. The second-order valence-corrected chi connectivity index (χ2v) is 4.48. The summed E-state index contributed by atoms with van der Waals surface area (Å²) in [6.45, 7) is 2.33. The smallest absolute Gasteiger partial charge is 0.276 e. The van der Waals surface area contributed by atoms with Crippen molar-refractivity contribution in [3.63, 3.8) is 0 Å². The molecule has 0 fully saturated rings. The van der Waals surface area contributed by atoms with Crippen LogP contribution in [-0.4, -0.2) is 50.4 Å². The first-order valence-corrected chi connectivity index (χ1v) is 6.51. The van der Waals surface area contributed by atoms with Gasteiger partial charge in [-0.05, 0) is 6.42 Å². The Morgan fingerprint density at radius 1 is 1.30 bits per heavy atom. The number of methoxy groups -OCH3 is 2. The van der Waals surface area contributed by atoms with E-state index in [1.54, 1.807) is 14.2 Å². The van der Waals surface area contributed by atoms with Crippen LogP contribution in [0.15, 0.2) is 12.1 Å². The van der Waals surface area contributed by atoms with Gasteiger partial charge >= 0.3 is 0 Å². The molecular weight excluding hydrogens is 286 g/mol. The number of pyridine rings is 1. The average Bonchev–Trinajstić information content (AvgIpc) is 2.42. The zero-order valence-corrected chi connectivity index (χ0v) is 12.3. The maximum Gasteiger partial charge on any atom is 0.276 e. The van der Waals surface area contributed by atoms with E-state index in [-0.39, 0.29) is 10.8 Å². The number of rotatable bonds is 9. The van der Waals surface area contributed by atoms with E-state index in [9.17, 15) is 10.1 Å². The van der Waals surface area contributed by atoms with Crippen molar-refractivity contribution in [3.05, 3.63) is 27.4 Å². The molecule has 1 aromatic heterocycles. The lowest BCUT2D eigenvalue weighted by molar-refractivity contribution is -0.384. The van der Waals surface area contributed by atoms with E-state index < -0.39 is 4.92 Å². The summed E-state index contributed by atoms with van der Waals surface area (Å²) >= 11 is 5.84. The first-order chi connectivity index (χ1) is 9.58. The molecule has 1 heterocycles. The maximum absolute atomic E-state index is 10.9. The molecule has 0 spiro atoms. The van der Waals surface area contributed by atoms with Gasteiger partial charge in [0.1, 0.15) is 11.0 Å². The Morgan fingerprint density at radius 3 is 2.60 bits per heavy atom. The summed E-state index contributed by atoms with van der Waals surface area (Å²) in [4.78, 5) is 16.4. The van der Waals surface area contributed by atoms with Crippen LogP contribution >= 0.6 is 11.6 Å². The predicted molar refractivity (Wildman–Crippen MR) is 76.5 cm³/mol. The molecule has 0 aliphatic carbocycles. The van der Waals surface area contributed by atoms with Crippen LogP contribution in [0.1, 0.15) is 6.42 Å². The van der Waals surface area contributed by atoms with Gasteiger partial charge in [-0.2, -0.15) is 0 Å². The molecule has 0 radical (unpaired) electrons. The number of anilines is 1. The molecular formula is C12H18ClN3O4. The quantitative estimate of drug-likeness (QED) is 0.301. The minimum atomic E-state index is -0.485. The Bertz CT molecular complexity index is 445. The number of hydrogen-bond acceptors (Lipinski definition) is 6. The van der Waals surface area contributed by atoms with E-state index in [4.69, 9.17) is 21.1 Å². The van der Waals surface area contributed by atoms with Gasteiger partial charge in [0.2, 0.25) is 0 Å². The summed E-state index contributed by atoms with van der Waals surface area (Å²) in [6.07, 6.45) is 0.780. The summed E-state index contributed by atoms with van der Waals surface area (Å²) in [5.74, 6) is 0.470. The van der Waals surface area contributed by atoms with Crippen molar-refractivity contribution in [2.24, 2.45) is 0 Å². The van der Waals surface area contributed by atoms with E-state index in [0.29, 0.717) is 32.1 Å². The van der Waals surface area contributed by atoms with Crippen molar-refractivity contribution in [3.8, 4) is 0 Å². The number of nitrogens with zero attached hydrogens (tertiary/aromatic N) is 3. The molecule has 0 unspecified atom stereocenters. The lowest BCUT2D eigenvalue weighted by Crippen LogP contribution is -2.29. The molecule has 8 heteroatoms. The van der Waals surface area contributed by atoms with Crippen molar-refractivity contribution in [1.29, 1.82) is 0 Å². The van der Waals surface area contributed by atoms with Crippen molar-refractivity contribution < 1.29 is 14.4 Å². The molecule has 0 amide bonds. The Balaban J connectivity index is 2.90. The van der Waals surface area contributed by atoms with Crippen LogP contribution in [0.4, 0.5) is 11.5 Å². The lowest BCUT2D eigenvalue weighted by atomic mass is 10.3. The predicted octanol–water partition coefficient (Wildman–Crippen LogP) is 2.13. The second kappa shape index (κ2) is 8.68. The third kappa shape index (κ3) is 5.28. The van der Waals surface area contributed by atoms with Crippen molar-refractivity contribution in [2.75, 3.05) is 45.4 Å². The Labute approximate surface area is 122 Å². The summed E-state index contributed by atoms with van der Waals surface area (Å²) in [5, 5.41) is 11.0. The molecule has 112 valence electrons. The molecule has 0 atom stereocenters. The van der Waals surface area contributed by atoms with Gasteiger partial charge in [0.15, 0.2) is 0 Å². The van der Waals surface area contributed by atoms with Crippen molar-refractivity contribution >= 4 is 23.1 Å². The molecule has 0 aliphatic rings. The first kappa shape index (κ1) is 16.6. The summed E-state index contributed by atoms with van der Waals surface area (Å²) in [7, 11) is 3.23. The zero-order valence-electron chi connectivity index (χ0n) is 11.5. The molecule has 0 saturated carbocycles. The van der Waals surface area contributed by atoms with Crippen LogP contribution in [0.3, 0.4) is 0 Å². The van der Waals surface area contributed by atoms with Gasteiger partial charge in [0.25, 0.3) is 5.69 Å². The summed E-state index contributed by atoms with van der Waals surface area (Å²) < 4.78 is 10.0. The van der Waals surface area contributed by atoms with Gasteiger partial charge in [-0.15, -0.1) is 0 Å². The normalized spacial score (nSPS) is 10.6. The number of hydrogen-bond donors (Lipinski definition) is 0. The van der Waals surface area contributed by atoms with Gasteiger partial charge < -0.3 is 14.4 Å². The van der Waals surface area contributed by atoms with Crippen LogP contribution in [0.5, 0.6) is 0 Å². The van der Waals surface area contributed by atoms with Crippen LogP contribution in [0, 0.1) is 10.1 Å². The minimum absolute atomic E-state index is 0.0749. The molecule has 1 aromatic rings. The van der Waals surface area contributed by atoms with Crippen LogP contribution < -0.4 is 4.90 Å². The number of halogens is 1. The SMILES string of the molecule is COCCCN(CCOC)c1cc([N+](=O)[O-])cc(Cl)n1. The Hall–Kier alpha value is -1.44. The van der Waals surface area contributed by atoms with E-state index in [2.05, 4.69) is 4.98 Å². The van der Waals surface area contributed by atoms with Gasteiger partial charge in [-0.3, -0.25) is 10.1 Å². The fourth-order valence-corrected chi connectivity index (χ4v) is 1.88. The van der Waals surface area contributed by atoms with Crippen LogP contribution in [-0.2, 0) is 9.47 Å². The highest BCUT2D eigenvalue weighted by Gasteiger charge is 2.15. The third-order valence-electron chi connectivity index (χ3n) is 2.64. The van der Waals surface area contributed by atoms with Gasteiger partial charge in [0.05, 0.1) is 23.7 Å². The first-order valence-electron chi connectivity index (χ1n) is 6.13. The fraction of sp³-hybridized carbons (Fsp3) is 0.583. The number of aromatic nitrogens is 1. The molecule has 0 saturated heterocycles. The van der Waals surface area contributed by atoms with Crippen LogP contribution in [0.2, 0.25) is 5.15 Å². The lowest BCUT2D eigenvalue weighted by Gasteiger charge is -2.23. The number of nitro groups is 1. The molecule has 7 nitrogen and oxygen atoms in total. The largest absolute Gasteiger partial charge is 0.385 e. The van der Waals surface area contributed by atoms with E-state index in [1.807, 2.05) is 4.90 Å². The minimum Gasteiger partial charge on any atom is -0.385 e. The highest BCUT2D eigenvalue weighted by molar-refractivity contribution is 6.29. The molecule has 1 rings (SSSR count). The van der Waals surface area contributed by atoms with Gasteiger partial charge in [0, 0.05) is 33.9 Å². The van der Waals surface area contributed by atoms with E-state index >= 15 is 0 Å². The monoisotopic (exact) mass is 303 g/mol. The standard InChI is InChI=1S/C12H18ClN3O4/c1-19-6-3-4-15(5-7-20-2)12-9-10(16(17)18)8-11(13)14-12/h8-9H,3-7H2,1-2H3. The van der Waals surface area contributed by atoms with Gasteiger partial charge in [-0.25, -0.2) is 4.98 Å². The van der Waals surface area contributed by atoms with Crippen molar-refractivity contribution in [1.82, 2.24) is 4.98 Å². The zero-order chi connectivity index (χ0) is 15.0. The topological polar surface area (TPSA) is 77.7 Å². The molecule has 0 aliphatic heterocycles. The van der Waals surface area contributed by atoms with E-state index in [1.165, 1.54) is 12.1 Å². The third-order valence-corrected chi connectivity index (χ3v) is 2.84. The highest BCUT2D eigenvalue weighted by atomic mass is 35.5. The second-order valence-electron chi connectivity index (χ2n) is 4.09. The van der Waals surface area contributed by atoms with Crippen LogP contribution in [0.25, 0.3) is 0 Å². The van der Waals surface area contributed by atoms with Crippen molar-refractivity contribution in [2.45, 2.75) is 6.42 Å². The highest BCUT2D eigenvalue weighted by Crippen LogP contribution is 2.23. The van der Waals surface area contributed by atoms with E-state index in [0.717, 1.165) is 6.42 Å². The maximum atomic E-state index is 10.9. The average molecular weight is 304 g/mol.